The molecule has 6 heteroatoms. The van der Waals surface area contributed by atoms with Crippen LogP contribution in [0.5, 0.6) is 0 Å². The normalized spacial score (nSPS) is 10.8. The Bertz CT molecular complexity index is 797. The van der Waals surface area contributed by atoms with Crippen molar-refractivity contribution < 1.29 is 4.39 Å². The summed E-state index contributed by atoms with van der Waals surface area (Å²) >= 11 is 6.60. The van der Waals surface area contributed by atoms with Gasteiger partial charge in [0.2, 0.25) is 0 Å². The fraction of sp³-hybridized carbons (Fsp3) is 0. The number of nitrogens with zero attached hydrogens (tertiary/aromatic N) is 1. The third-order valence-corrected chi connectivity index (χ3v) is 4.27. The number of nitrogens with one attached hydrogen (secondary N) is 1. The summed E-state index contributed by atoms with van der Waals surface area (Å²) in [7, 11) is 0. The minimum atomic E-state index is -0.309. The first-order valence-corrected chi connectivity index (χ1v) is 7.70. The molecule has 106 valence electrons. The van der Waals surface area contributed by atoms with Crippen LogP contribution in [0.4, 0.5) is 10.2 Å². The van der Waals surface area contributed by atoms with Crippen LogP contribution in [0.2, 0.25) is 0 Å². The summed E-state index contributed by atoms with van der Waals surface area (Å²) < 4.78 is 14.8. The second-order valence-electron chi connectivity index (χ2n) is 4.49. The molecule has 0 radical (unpaired) electrons. The lowest BCUT2D eigenvalue weighted by Gasteiger charge is -2.06. The highest BCUT2D eigenvalue weighted by Gasteiger charge is 2.15. The molecule has 0 bridgehead atoms. The van der Waals surface area contributed by atoms with E-state index >= 15 is 0 Å². The number of aromatic amines is 1. The molecule has 1 aromatic heterocycles. The van der Waals surface area contributed by atoms with Gasteiger partial charge in [0.25, 0.3) is 0 Å². The largest absolute Gasteiger partial charge is 0.382 e. The molecule has 0 saturated heterocycles. The highest BCUT2D eigenvalue weighted by Crippen LogP contribution is 2.36. The lowest BCUT2D eigenvalue weighted by molar-refractivity contribution is 0.621. The number of rotatable bonds is 2. The van der Waals surface area contributed by atoms with Crippen LogP contribution in [0.25, 0.3) is 22.4 Å². The van der Waals surface area contributed by atoms with E-state index in [1.165, 1.54) is 6.07 Å². The number of aromatic nitrogens is 2. The third-order valence-electron chi connectivity index (χ3n) is 3.14. The maximum atomic E-state index is 13.4. The van der Waals surface area contributed by atoms with Gasteiger partial charge in [-0.15, -0.1) is 0 Å². The number of halogens is 3. The molecule has 0 unspecified atom stereocenters. The van der Waals surface area contributed by atoms with Crippen molar-refractivity contribution >= 4 is 37.7 Å². The lowest BCUT2D eigenvalue weighted by Crippen LogP contribution is -1.89. The van der Waals surface area contributed by atoms with Crippen molar-refractivity contribution in [3.05, 3.63) is 57.2 Å². The Morgan fingerprint density at radius 2 is 1.67 bits per heavy atom. The number of nitrogens with two attached hydrogens (primary N) is 1. The molecular formula is C15H10Br2FN3. The van der Waals surface area contributed by atoms with Gasteiger partial charge in [-0.3, -0.25) is 5.10 Å². The SMILES string of the molecule is Nc1n[nH]c(-c2ccc(F)c(Br)c2)c1-c1ccc(Br)cc1. The van der Waals surface area contributed by atoms with Crippen LogP contribution in [0.3, 0.4) is 0 Å². The van der Waals surface area contributed by atoms with Crippen molar-refractivity contribution in [2.24, 2.45) is 0 Å². The molecular weight excluding hydrogens is 401 g/mol. The van der Waals surface area contributed by atoms with Crippen LogP contribution in [0.1, 0.15) is 0 Å². The van der Waals surface area contributed by atoms with Crippen LogP contribution >= 0.6 is 31.9 Å². The highest BCUT2D eigenvalue weighted by molar-refractivity contribution is 9.10. The van der Waals surface area contributed by atoms with Gasteiger partial charge in [-0.25, -0.2) is 4.39 Å². The Morgan fingerprint density at radius 3 is 2.33 bits per heavy atom. The number of hydrogen-bond donors (Lipinski definition) is 2. The lowest BCUT2D eigenvalue weighted by atomic mass is 10.0. The monoisotopic (exact) mass is 409 g/mol. The van der Waals surface area contributed by atoms with Gasteiger partial charge < -0.3 is 5.73 Å². The minimum absolute atomic E-state index is 0.309. The minimum Gasteiger partial charge on any atom is -0.382 e. The van der Waals surface area contributed by atoms with Crippen molar-refractivity contribution in [1.82, 2.24) is 10.2 Å². The summed E-state index contributed by atoms with van der Waals surface area (Å²) in [6.07, 6.45) is 0. The number of nitrogen functional groups attached to an aromatic ring is 1. The van der Waals surface area contributed by atoms with Crippen LogP contribution in [-0.2, 0) is 0 Å². The number of H-pyrrole nitrogens is 1. The second-order valence-corrected chi connectivity index (χ2v) is 6.26. The van der Waals surface area contributed by atoms with Gasteiger partial charge in [0.15, 0.2) is 5.82 Å². The molecule has 0 spiro atoms. The van der Waals surface area contributed by atoms with E-state index in [0.717, 1.165) is 26.9 Å². The van der Waals surface area contributed by atoms with E-state index in [9.17, 15) is 4.39 Å². The van der Waals surface area contributed by atoms with Gasteiger partial charge in [0.05, 0.1) is 15.7 Å². The Morgan fingerprint density at radius 1 is 1.00 bits per heavy atom. The molecule has 2 aromatic carbocycles. The van der Waals surface area contributed by atoms with Crippen LogP contribution in [0, 0.1) is 5.82 Å². The molecule has 0 amide bonds. The molecule has 0 aliphatic carbocycles. The Labute approximate surface area is 137 Å². The topological polar surface area (TPSA) is 54.7 Å². The van der Waals surface area contributed by atoms with Crippen molar-refractivity contribution in [2.45, 2.75) is 0 Å². The summed E-state index contributed by atoms with van der Waals surface area (Å²) in [5, 5.41) is 7.00. The van der Waals surface area contributed by atoms with Gasteiger partial charge in [-0.1, -0.05) is 28.1 Å². The maximum absolute atomic E-state index is 13.4. The second kappa shape index (κ2) is 5.61. The van der Waals surface area contributed by atoms with Crippen LogP contribution in [0.15, 0.2) is 51.4 Å². The van der Waals surface area contributed by atoms with Crippen molar-refractivity contribution in [3.63, 3.8) is 0 Å². The molecule has 3 aromatic rings. The summed E-state index contributed by atoms with van der Waals surface area (Å²) in [5.74, 6) is 0.101. The van der Waals surface area contributed by atoms with Crippen molar-refractivity contribution in [2.75, 3.05) is 5.73 Å². The fourth-order valence-electron chi connectivity index (χ4n) is 2.13. The van der Waals surface area contributed by atoms with E-state index in [-0.39, 0.29) is 5.82 Å². The van der Waals surface area contributed by atoms with E-state index < -0.39 is 0 Å². The Kier molecular flexibility index (Phi) is 3.82. The predicted molar refractivity (Wildman–Crippen MR) is 89.2 cm³/mol. The Balaban J connectivity index is 2.16. The molecule has 0 fully saturated rings. The third kappa shape index (κ3) is 2.73. The van der Waals surface area contributed by atoms with E-state index in [1.807, 2.05) is 24.3 Å². The molecule has 0 aliphatic heterocycles. The van der Waals surface area contributed by atoms with Crippen LogP contribution in [-0.4, -0.2) is 10.2 Å². The van der Waals surface area contributed by atoms with Crippen LogP contribution < -0.4 is 5.73 Å². The number of anilines is 1. The fourth-order valence-corrected chi connectivity index (χ4v) is 2.77. The predicted octanol–water partition coefficient (Wildman–Crippen LogP) is 4.99. The van der Waals surface area contributed by atoms with E-state index in [2.05, 4.69) is 42.1 Å². The molecule has 1 heterocycles. The zero-order valence-corrected chi connectivity index (χ0v) is 13.9. The summed E-state index contributed by atoms with van der Waals surface area (Å²) in [4.78, 5) is 0. The Hall–Kier alpha value is -1.66. The molecule has 3 nitrogen and oxygen atoms in total. The summed E-state index contributed by atoms with van der Waals surface area (Å²) in [6.45, 7) is 0. The first kappa shape index (κ1) is 14.3. The molecule has 3 N–H and O–H groups in total. The average Bonchev–Trinajstić information content (AvgIpc) is 2.85. The first-order valence-electron chi connectivity index (χ1n) is 6.11. The first-order chi connectivity index (χ1) is 10.1. The molecule has 21 heavy (non-hydrogen) atoms. The van der Waals surface area contributed by atoms with Gasteiger partial charge in [0.1, 0.15) is 5.82 Å². The average molecular weight is 411 g/mol. The van der Waals surface area contributed by atoms with Crippen molar-refractivity contribution in [1.29, 1.82) is 0 Å². The zero-order valence-electron chi connectivity index (χ0n) is 10.7. The molecule has 0 atom stereocenters. The van der Waals surface area contributed by atoms with Gasteiger partial charge in [0, 0.05) is 10.0 Å². The standard InChI is InChI=1S/C15H10Br2FN3/c16-10-4-1-8(2-5-10)13-14(20-21-15(13)19)9-3-6-12(18)11(17)7-9/h1-7H,(H3,19,20,21). The van der Waals surface area contributed by atoms with E-state index in [4.69, 9.17) is 5.73 Å². The van der Waals surface area contributed by atoms with Gasteiger partial charge >= 0.3 is 0 Å². The summed E-state index contributed by atoms with van der Waals surface area (Å²) in [6, 6.07) is 12.6. The quantitative estimate of drug-likeness (QED) is 0.625. The number of hydrogen-bond acceptors (Lipinski definition) is 2. The smallest absolute Gasteiger partial charge is 0.153 e. The number of benzene rings is 2. The van der Waals surface area contributed by atoms with Gasteiger partial charge in [-0.05, 0) is 51.8 Å². The molecule has 0 aliphatic rings. The van der Waals surface area contributed by atoms with E-state index in [1.54, 1.807) is 12.1 Å². The van der Waals surface area contributed by atoms with Crippen molar-refractivity contribution in [3.8, 4) is 22.4 Å². The maximum Gasteiger partial charge on any atom is 0.153 e. The molecule has 3 rings (SSSR count). The van der Waals surface area contributed by atoms with E-state index in [0.29, 0.717) is 10.3 Å². The highest BCUT2D eigenvalue weighted by atomic mass is 79.9. The molecule has 0 saturated carbocycles. The zero-order chi connectivity index (χ0) is 15.0. The van der Waals surface area contributed by atoms with Gasteiger partial charge in [-0.2, -0.15) is 5.10 Å². The summed E-state index contributed by atoms with van der Waals surface area (Å²) in [5.41, 5.74) is 9.30.